The van der Waals surface area contributed by atoms with Crippen LogP contribution in [-0.2, 0) is 20.9 Å². The first-order chi connectivity index (χ1) is 11.6. The molecule has 0 saturated heterocycles. The summed E-state index contributed by atoms with van der Waals surface area (Å²) < 4.78 is 5.92. The average Bonchev–Trinajstić information content (AvgIpc) is 2.49. The zero-order valence-corrected chi connectivity index (χ0v) is 14.5. The van der Waals surface area contributed by atoms with Gasteiger partial charge in [0.2, 0.25) is 0 Å². The Bertz CT molecular complexity index is 695. The first-order valence-corrected chi connectivity index (χ1v) is 7.80. The molecule has 2 amide bonds. The first kappa shape index (κ1) is 20.2. The minimum absolute atomic E-state index is 0.00154. The van der Waals surface area contributed by atoms with Crippen molar-refractivity contribution in [2.75, 3.05) is 11.9 Å². The van der Waals surface area contributed by atoms with Gasteiger partial charge in [-0.25, -0.2) is 4.79 Å². The van der Waals surface area contributed by atoms with Crippen molar-refractivity contribution in [1.29, 1.82) is 0 Å². The van der Waals surface area contributed by atoms with Crippen LogP contribution in [0.1, 0.15) is 33.6 Å². The third kappa shape index (κ3) is 7.06. The second-order valence-electron chi connectivity index (χ2n) is 6.02. The lowest BCUT2D eigenvalue weighted by Gasteiger charge is -2.25. The number of pyridine rings is 1. The molecule has 1 rings (SSSR count). The summed E-state index contributed by atoms with van der Waals surface area (Å²) in [6.07, 6.45) is 1.56. The van der Waals surface area contributed by atoms with Crippen LogP contribution >= 0.6 is 0 Å². The van der Waals surface area contributed by atoms with E-state index in [1.54, 1.807) is 20.8 Å². The molecular weight excluding hydrogens is 330 g/mol. The van der Waals surface area contributed by atoms with E-state index in [1.165, 1.54) is 18.3 Å². The molecule has 0 atom stereocenters. The number of nitrogens with zero attached hydrogens (tertiary/aromatic N) is 1. The molecule has 0 aliphatic rings. The number of carboxylic acid groups (broad SMARTS) is 1. The van der Waals surface area contributed by atoms with Crippen LogP contribution in [0.4, 0.5) is 10.5 Å². The summed E-state index contributed by atoms with van der Waals surface area (Å²) in [5, 5.41) is 13.7. The van der Waals surface area contributed by atoms with Gasteiger partial charge in [-0.2, -0.15) is 0 Å². The Morgan fingerprint density at radius 2 is 2.00 bits per heavy atom. The number of esters is 1. The molecular formula is C16H23N3O6. The van der Waals surface area contributed by atoms with Crippen molar-refractivity contribution in [1.82, 2.24) is 9.88 Å². The number of carbonyl (C=O) groups excluding carboxylic acids is 2. The predicted octanol–water partition coefficient (Wildman–Crippen LogP) is 1.18. The average molecular weight is 353 g/mol. The lowest BCUT2D eigenvalue weighted by molar-refractivity contribution is -0.144. The SMILES string of the molecule is CCOC(=O)Cn1cccc(NC(=O)NC(C)(C)CCC(=O)O)c1=O. The van der Waals surface area contributed by atoms with E-state index < -0.39 is 29.1 Å². The van der Waals surface area contributed by atoms with Crippen molar-refractivity contribution in [3.63, 3.8) is 0 Å². The van der Waals surface area contributed by atoms with Gasteiger partial charge in [-0.1, -0.05) is 0 Å². The fourth-order valence-electron chi connectivity index (χ4n) is 2.05. The van der Waals surface area contributed by atoms with Crippen molar-refractivity contribution in [2.45, 2.75) is 45.7 Å². The molecule has 0 fully saturated rings. The third-order valence-electron chi connectivity index (χ3n) is 3.29. The molecule has 0 spiro atoms. The molecule has 9 heteroatoms. The lowest BCUT2D eigenvalue weighted by Crippen LogP contribution is -2.46. The van der Waals surface area contributed by atoms with Gasteiger partial charge in [0.15, 0.2) is 0 Å². The minimum Gasteiger partial charge on any atom is -0.481 e. The number of anilines is 1. The van der Waals surface area contributed by atoms with Crippen LogP contribution in [-0.4, -0.2) is 39.8 Å². The Morgan fingerprint density at radius 3 is 2.60 bits per heavy atom. The number of aromatic nitrogens is 1. The van der Waals surface area contributed by atoms with Crippen LogP contribution < -0.4 is 16.2 Å². The van der Waals surface area contributed by atoms with Crippen LogP contribution in [0.15, 0.2) is 23.1 Å². The van der Waals surface area contributed by atoms with E-state index in [0.717, 1.165) is 4.57 Å². The number of rotatable bonds is 8. The molecule has 3 N–H and O–H groups in total. The van der Waals surface area contributed by atoms with Crippen LogP contribution in [0.25, 0.3) is 0 Å². The Balaban J connectivity index is 2.76. The maximum Gasteiger partial charge on any atom is 0.326 e. The molecule has 25 heavy (non-hydrogen) atoms. The number of carbonyl (C=O) groups is 3. The Kier molecular flexibility index (Phi) is 7.16. The molecule has 0 radical (unpaired) electrons. The van der Waals surface area contributed by atoms with Crippen LogP contribution in [0.3, 0.4) is 0 Å². The van der Waals surface area contributed by atoms with E-state index in [9.17, 15) is 19.2 Å². The molecule has 0 saturated carbocycles. The maximum atomic E-state index is 12.3. The molecule has 9 nitrogen and oxygen atoms in total. The van der Waals surface area contributed by atoms with Crippen LogP contribution in [0.2, 0.25) is 0 Å². The van der Waals surface area contributed by atoms with Gasteiger partial charge in [0.25, 0.3) is 5.56 Å². The third-order valence-corrected chi connectivity index (χ3v) is 3.29. The summed E-state index contributed by atoms with van der Waals surface area (Å²) in [6.45, 7) is 4.97. The van der Waals surface area contributed by atoms with Gasteiger partial charge in [0, 0.05) is 18.2 Å². The summed E-state index contributed by atoms with van der Waals surface area (Å²) in [5.74, 6) is -1.51. The van der Waals surface area contributed by atoms with Gasteiger partial charge in [0.05, 0.1) is 6.61 Å². The number of carboxylic acids is 1. The highest BCUT2D eigenvalue weighted by Crippen LogP contribution is 2.11. The van der Waals surface area contributed by atoms with Crippen molar-refractivity contribution < 1.29 is 24.2 Å². The van der Waals surface area contributed by atoms with Gasteiger partial charge in [0.1, 0.15) is 12.2 Å². The van der Waals surface area contributed by atoms with E-state index in [2.05, 4.69) is 10.6 Å². The zero-order valence-electron chi connectivity index (χ0n) is 14.5. The number of nitrogens with one attached hydrogen (secondary N) is 2. The Hall–Kier alpha value is -2.84. The van der Waals surface area contributed by atoms with Crippen molar-refractivity contribution in [3.8, 4) is 0 Å². The number of urea groups is 1. The number of ether oxygens (including phenoxy) is 1. The van der Waals surface area contributed by atoms with Gasteiger partial charge in [-0.3, -0.25) is 14.4 Å². The highest BCUT2D eigenvalue weighted by molar-refractivity contribution is 5.89. The summed E-state index contributed by atoms with van der Waals surface area (Å²) in [5.41, 5.74) is -1.31. The zero-order chi connectivity index (χ0) is 19.0. The van der Waals surface area contributed by atoms with E-state index in [-0.39, 0.29) is 31.7 Å². The number of hydrogen-bond donors (Lipinski definition) is 3. The van der Waals surface area contributed by atoms with E-state index >= 15 is 0 Å². The fraction of sp³-hybridized carbons (Fsp3) is 0.500. The smallest absolute Gasteiger partial charge is 0.326 e. The van der Waals surface area contributed by atoms with E-state index in [1.807, 2.05) is 0 Å². The van der Waals surface area contributed by atoms with E-state index in [0.29, 0.717) is 0 Å². The Labute approximate surface area is 145 Å². The van der Waals surface area contributed by atoms with Gasteiger partial charge < -0.3 is 25.0 Å². The van der Waals surface area contributed by atoms with Crippen molar-refractivity contribution >= 4 is 23.7 Å². The number of hydrogen-bond acceptors (Lipinski definition) is 5. The summed E-state index contributed by atoms with van der Waals surface area (Å²) >= 11 is 0. The first-order valence-electron chi connectivity index (χ1n) is 7.80. The van der Waals surface area contributed by atoms with Gasteiger partial charge in [-0.15, -0.1) is 0 Å². The van der Waals surface area contributed by atoms with Crippen molar-refractivity contribution in [3.05, 3.63) is 28.7 Å². The minimum atomic E-state index is -0.958. The second kappa shape index (κ2) is 8.86. The van der Waals surface area contributed by atoms with Crippen LogP contribution in [0.5, 0.6) is 0 Å². The summed E-state index contributed by atoms with van der Waals surface area (Å²) in [6, 6.07) is 2.29. The monoisotopic (exact) mass is 353 g/mol. The highest BCUT2D eigenvalue weighted by Gasteiger charge is 2.22. The number of aliphatic carboxylic acids is 1. The molecule has 0 unspecified atom stereocenters. The molecule has 1 aromatic rings. The summed E-state index contributed by atoms with van der Waals surface area (Å²) in [7, 11) is 0. The van der Waals surface area contributed by atoms with Gasteiger partial charge in [-0.05, 0) is 39.3 Å². The fourth-order valence-corrected chi connectivity index (χ4v) is 2.05. The molecule has 0 aromatic carbocycles. The molecule has 0 aliphatic heterocycles. The molecule has 0 bridgehead atoms. The van der Waals surface area contributed by atoms with E-state index in [4.69, 9.17) is 9.84 Å². The maximum absolute atomic E-state index is 12.3. The molecule has 138 valence electrons. The quantitative estimate of drug-likeness (QED) is 0.602. The highest BCUT2D eigenvalue weighted by atomic mass is 16.5. The number of amides is 2. The topological polar surface area (TPSA) is 127 Å². The normalized spacial score (nSPS) is 10.8. The van der Waals surface area contributed by atoms with Crippen LogP contribution in [0, 0.1) is 0 Å². The lowest BCUT2D eigenvalue weighted by atomic mass is 9.99. The second-order valence-corrected chi connectivity index (χ2v) is 6.02. The molecule has 0 aliphatic carbocycles. The predicted molar refractivity (Wildman–Crippen MR) is 90.4 cm³/mol. The van der Waals surface area contributed by atoms with Gasteiger partial charge >= 0.3 is 18.0 Å². The Morgan fingerprint density at radius 1 is 1.32 bits per heavy atom. The van der Waals surface area contributed by atoms with Crippen molar-refractivity contribution in [2.24, 2.45) is 0 Å². The molecule has 1 aromatic heterocycles. The molecule has 1 heterocycles. The largest absolute Gasteiger partial charge is 0.481 e. The standard InChI is InChI=1S/C16H23N3O6/c1-4-25-13(22)10-19-9-5-6-11(14(19)23)17-15(24)18-16(2,3)8-7-12(20)21/h5-6,9H,4,7-8,10H2,1-3H3,(H,20,21)(H2,17,18,24). The summed E-state index contributed by atoms with van der Waals surface area (Å²) in [4.78, 5) is 46.4.